The summed E-state index contributed by atoms with van der Waals surface area (Å²) in [5, 5.41) is 8.68. The average molecular weight is 182 g/mol. The van der Waals surface area contributed by atoms with Gasteiger partial charge in [-0.05, 0) is 13.0 Å². The number of halogens is 1. The van der Waals surface area contributed by atoms with Crippen LogP contribution in [-0.4, -0.2) is 15.8 Å². The minimum Gasteiger partial charge on any atom is -0.242 e. The van der Waals surface area contributed by atoms with Gasteiger partial charge in [-0.1, -0.05) is 0 Å². The Morgan fingerprint density at radius 3 is 2.92 bits per heavy atom. The van der Waals surface area contributed by atoms with Gasteiger partial charge in [-0.2, -0.15) is 5.26 Å². The van der Waals surface area contributed by atoms with Crippen LogP contribution < -0.4 is 0 Å². The lowest BCUT2D eigenvalue weighted by Gasteiger charge is -2.03. The molecule has 0 saturated carbocycles. The summed E-state index contributed by atoms with van der Waals surface area (Å²) in [7, 11) is 0. The predicted molar refractivity (Wildman–Crippen MR) is 45.8 cm³/mol. The third-order valence-corrected chi connectivity index (χ3v) is 1.80. The number of rotatable bonds is 2. The molecule has 1 unspecified atom stereocenters. The summed E-state index contributed by atoms with van der Waals surface area (Å²) >= 11 is 5.57. The molecule has 0 aliphatic carbocycles. The lowest BCUT2D eigenvalue weighted by atomic mass is 10.1. The monoisotopic (exact) mass is 181 g/mol. The highest BCUT2D eigenvalue weighted by Gasteiger charge is 2.09. The van der Waals surface area contributed by atoms with Crippen LogP contribution in [-0.2, 0) is 0 Å². The molecule has 0 radical (unpaired) electrons. The molecule has 1 heterocycles. The molecule has 0 saturated heterocycles. The van der Waals surface area contributed by atoms with Gasteiger partial charge in [0.25, 0.3) is 0 Å². The number of aryl methyl sites for hydroxylation is 1. The molecular formula is C8H8ClN3. The maximum absolute atomic E-state index is 8.68. The van der Waals surface area contributed by atoms with E-state index in [9.17, 15) is 0 Å². The largest absolute Gasteiger partial charge is 0.242 e. The van der Waals surface area contributed by atoms with Gasteiger partial charge in [-0.3, -0.25) is 0 Å². The maximum atomic E-state index is 8.68. The second-order valence-corrected chi connectivity index (χ2v) is 2.73. The number of hydrogen-bond acceptors (Lipinski definition) is 3. The molecule has 0 N–H and O–H groups in total. The van der Waals surface area contributed by atoms with Gasteiger partial charge in [-0.25, -0.2) is 9.97 Å². The van der Waals surface area contributed by atoms with Crippen molar-refractivity contribution >= 4 is 11.6 Å². The Kier molecular flexibility index (Phi) is 3.01. The minimum atomic E-state index is -0.326. The lowest BCUT2D eigenvalue weighted by molar-refractivity contribution is 0.899. The van der Waals surface area contributed by atoms with Crippen LogP contribution in [0.3, 0.4) is 0 Å². The van der Waals surface area contributed by atoms with E-state index in [1.54, 1.807) is 6.07 Å². The quantitative estimate of drug-likeness (QED) is 0.652. The molecule has 62 valence electrons. The number of nitrogens with zero attached hydrogens (tertiary/aromatic N) is 3. The van der Waals surface area contributed by atoms with Gasteiger partial charge in [0.2, 0.25) is 0 Å². The van der Waals surface area contributed by atoms with Crippen molar-refractivity contribution in [2.45, 2.75) is 12.8 Å². The number of alkyl halides is 1. The van der Waals surface area contributed by atoms with Crippen molar-refractivity contribution in [2.75, 3.05) is 5.88 Å². The van der Waals surface area contributed by atoms with Crippen molar-refractivity contribution in [3.8, 4) is 6.07 Å². The second-order valence-electron chi connectivity index (χ2n) is 2.42. The first-order chi connectivity index (χ1) is 5.77. The molecule has 0 spiro atoms. The predicted octanol–water partition coefficient (Wildman–Crippen LogP) is 1.63. The standard InChI is InChI=1S/C8H8ClN3/c1-6-2-8(12-5-11-6)7(3-9)4-10/h2,5,7H,3H2,1H3. The second kappa shape index (κ2) is 4.03. The van der Waals surface area contributed by atoms with E-state index in [4.69, 9.17) is 16.9 Å². The Bertz CT molecular complexity index is 305. The van der Waals surface area contributed by atoms with E-state index < -0.39 is 0 Å². The van der Waals surface area contributed by atoms with Crippen LogP contribution >= 0.6 is 11.6 Å². The van der Waals surface area contributed by atoms with Crippen LogP contribution in [0.15, 0.2) is 12.4 Å². The fraction of sp³-hybridized carbons (Fsp3) is 0.375. The van der Waals surface area contributed by atoms with Gasteiger partial charge < -0.3 is 0 Å². The zero-order chi connectivity index (χ0) is 8.97. The molecule has 3 nitrogen and oxygen atoms in total. The fourth-order valence-electron chi connectivity index (χ4n) is 0.845. The molecule has 0 amide bonds. The summed E-state index contributed by atoms with van der Waals surface area (Å²) in [5.41, 5.74) is 1.55. The van der Waals surface area contributed by atoms with E-state index in [2.05, 4.69) is 16.0 Å². The van der Waals surface area contributed by atoms with Crippen LogP contribution in [0.25, 0.3) is 0 Å². The van der Waals surface area contributed by atoms with Gasteiger partial charge in [0, 0.05) is 11.6 Å². The summed E-state index contributed by atoms with van der Waals surface area (Å²) in [6.45, 7) is 1.86. The Morgan fingerprint density at radius 2 is 2.42 bits per heavy atom. The molecule has 0 aliphatic rings. The highest BCUT2D eigenvalue weighted by molar-refractivity contribution is 6.18. The van der Waals surface area contributed by atoms with Crippen LogP contribution in [0, 0.1) is 18.3 Å². The number of hydrogen-bond donors (Lipinski definition) is 0. The van der Waals surface area contributed by atoms with E-state index in [-0.39, 0.29) is 11.8 Å². The van der Waals surface area contributed by atoms with E-state index in [0.717, 1.165) is 5.69 Å². The smallest absolute Gasteiger partial charge is 0.115 e. The Morgan fingerprint density at radius 1 is 1.67 bits per heavy atom. The van der Waals surface area contributed by atoms with Crippen LogP contribution in [0.1, 0.15) is 17.3 Å². The van der Waals surface area contributed by atoms with Crippen LogP contribution in [0.4, 0.5) is 0 Å². The molecule has 4 heteroatoms. The Labute approximate surface area is 76.0 Å². The first kappa shape index (κ1) is 8.95. The molecule has 0 bridgehead atoms. The van der Waals surface area contributed by atoms with Crippen molar-refractivity contribution in [1.82, 2.24) is 9.97 Å². The Balaban J connectivity index is 2.95. The summed E-state index contributed by atoms with van der Waals surface area (Å²) in [5.74, 6) is -0.0548. The normalized spacial score (nSPS) is 12.1. The summed E-state index contributed by atoms with van der Waals surface area (Å²) in [6.07, 6.45) is 1.45. The highest BCUT2D eigenvalue weighted by atomic mass is 35.5. The minimum absolute atomic E-state index is 0.271. The van der Waals surface area contributed by atoms with Crippen molar-refractivity contribution in [3.63, 3.8) is 0 Å². The van der Waals surface area contributed by atoms with Gasteiger partial charge >= 0.3 is 0 Å². The maximum Gasteiger partial charge on any atom is 0.115 e. The third kappa shape index (κ3) is 1.93. The van der Waals surface area contributed by atoms with Crippen LogP contribution in [0.5, 0.6) is 0 Å². The number of aromatic nitrogens is 2. The molecule has 1 rings (SSSR count). The first-order valence-electron chi connectivity index (χ1n) is 3.52. The molecule has 0 fully saturated rings. The zero-order valence-corrected chi connectivity index (χ0v) is 7.41. The topological polar surface area (TPSA) is 49.6 Å². The van der Waals surface area contributed by atoms with E-state index in [1.807, 2.05) is 6.92 Å². The summed E-state index contributed by atoms with van der Waals surface area (Å²) in [6, 6.07) is 3.85. The highest BCUT2D eigenvalue weighted by Crippen LogP contribution is 2.13. The van der Waals surface area contributed by atoms with Crippen molar-refractivity contribution in [2.24, 2.45) is 0 Å². The lowest BCUT2D eigenvalue weighted by Crippen LogP contribution is -2.01. The summed E-state index contributed by atoms with van der Waals surface area (Å²) < 4.78 is 0. The van der Waals surface area contributed by atoms with Crippen molar-refractivity contribution < 1.29 is 0 Å². The third-order valence-electron chi connectivity index (χ3n) is 1.49. The SMILES string of the molecule is Cc1cc(C(C#N)CCl)ncn1. The van der Waals surface area contributed by atoms with E-state index in [0.29, 0.717) is 5.69 Å². The van der Waals surface area contributed by atoms with Gasteiger partial charge in [0.1, 0.15) is 12.2 Å². The molecule has 12 heavy (non-hydrogen) atoms. The molecule has 0 aromatic carbocycles. The zero-order valence-electron chi connectivity index (χ0n) is 6.66. The molecule has 1 aromatic heterocycles. The number of nitriles is 1. The van der Waals surface area contributed by atoms with E-state index in [1.165, 1.54) is 6.33 Å². The fourth-order valence-corrected chi connectivity index (χ4v) is 1.07. The molecule has 0 aliphatic heterocycles. The Hall–Kier alpha value is -1.14. The van der Waals surface area contributed by atoms with Gasteiger partial charge in [0.15, 0.2) is 0 Å². The summed E-state index contributed by atoms with van der Waals surface area (Å²) in [4.78, 5) is 7.89. The van der Waals surface area contributed by atoms with Gasteiger partial charge in [0.05, 0.1) is 11.8 Å². The molecule has 1 aromatic rings. The van der Waals surface area contributed by atoms with Crippen molar-refractivity contribution in [1.29, 1.82) is 5.26 Å². The van der Waals surface area contributed by atoms with Crippen LogP contribution in [0.2, 0.25) is 0 Å². The molecule has 1 atom stereocenters. The average Bonchev–Trinajstić information content (AvgIpc) is 2.07. The van der Waals surface area contributed by atoms with Crippen molar-refractivity contribution in [3.05, 3.63) is 23.8 Å². The van der Waals surface area contributed by atoms with E-state index >= 15 is 0 Å². The van der Waals surface area contributed by atoms with Gasteiger partial charge in [-0.15, -0.1) is 11.6 Å². The molecular weight excluding hydrogens is 174 g/mol. The first-order valence-corrected chi connectivity index (χ1v) is 4.05.